The van der Waals surface area contributed by atoms with E-state index in [9.17, 15) is 9.59 Å². The van der Waals surface area contributed by atoms with Gasteiger partial charge in [0.15, 0.2) is 11.3 Å². The average Bonchev–Trinajstić information content (AvgIpc) is 2.82. The zero-order valence-corrected chi connectivity index (χ0v) is 16.4. The third-order valence-electron chi connectivity index (χ3n) is 3.48. The van der Waals surface area contributed by atoms with Gasteiger partial charge in [-0.3, -0.25) is 9.48 Å². The molecule has 26 heavy (non-hydrogen) atoms. The largest absolute Gasteiger partial charge is 0.449 e. The van der Waals surface area contributed by atoms with Gasteiger partial charge in [0.25, 0.3) is 5.91 Å². The summed E-state index contributed by atoms with van der Waals surface area (Å²) in [5.74, 6) is -0.927. The van der Waals surface area contributed by atoms with E-state index in [0.717, 1.165) is 0 Å². The molecule has 0 radical (unpaired) electrons. The molecule has 0 aromatic carbocycles. The van der Waals surface area contributed by atoms with Crippen LogP contribution in [0.25, 0.3) is 0 Å². The molecule has 9 heteroatoms. The predicted octanol–water partition coefficient (Wildman–Crippen LogP) is 3.73. The minimum Gasteiger partial charge on any atom is -0.449 e. The molecule has 1 N–H and O–H groups in total. The number of aryl methyl sites for hydroxylation is 1. The maximum atomic E-state index is 12.4. The van der Waals surface area contributed by atoms with Crippen LogP contribution in [0.5, 0.6) is 0 Å². The number of pyridine rings is 1. The van der Waals surface area contributed by atoms with Gasteiger partial charge in [-0.05, 0) is 31.9 Å². The fourth-order valence-corrected chi connectivity index (χ4v) is 2.73. The summed E-state index contributed by atoms with van der Waals surface area (Å²) in [6.45, 7) is 7.73. The van der Waals surface area contributed by atoms with Gasteiger partial charge in [-0.25, -0.2) is 9.78 Å². The van der Waals surface area contributed by atoms with Crippen LogP contribution in [0.1, 0.15) is 36.8 Å². The number of nitrogens with one attached hydrogen (secondary N) is 1. The third-order valence-corrected chi connectivity index (χ3v) is 4.16. The molecule has 2 aromatic heterocycles. The first-order valence-electron chi connectivity index (χ1n) is 8.06. The van der Waals surface area contributed by atoms with Gasteiger partial charge in [-0.2, -0.15) is 5.10 Å². The number of hydrogen-bond donors (Lipinski definition) is 1. The second kappa shape index (κ2) is 8.51. The maximum absolute atomic E-state index is 12.4. The number of halogens is 2. The van der Waals surface area contributed by atoms with E-state index in [1.165, 1.54) is 13.1 Å². The molecule has 2 rings (SSSR count). The Bertz CT molecular complexity index is 820. The van der Waals surface area contributed by atoms with Gasteiger partial charge in [0.1, 0.15) is 10.7 Å². The molecule has 0 saturated heterocycles. The van der Waals surface area contributed by atoms with Crippen LogP contribution in [-0.2, 0) is 16.1 Å². The van der Waals surface area contributed by atoms with E-state index in [0.29, 0.717) is 23.8 Å². The summed E-state index contributed by atoms with van der Waals surface area (Å²) in [5.41, 5.74) is 0.941. The molecule has 0 aliphatic heterocycles. The molecule has 0 spiro atoms. The molecule has 2 heterocycles. The Morgan fingerprint density at radius 1 is 1.31 bits per heavy atom. The smallest absolute Gasteiger partial charge is 0.343 e. The lowest BCUT2D eigenvalue weighted by atomic mass is 10.2. The summed E-state index contributed by atoms with van der Waals surface area (Å²) < 4.78 is 6.79. The molecular formula is C17H20Cl2N4O3. The molecule has 1 amide bonds. The number of carbonyl (C=O) groups is 2. The van der Waals surface area contributed by atoms with Crippen molar-refractivity contribution >= 4 is 40.8 Å². The number of amides is 1. The van der Waals surface area contributed by atoms with Crippen molar-refractivity contribution in [2.75, 3.05) is 5.32 Å². The molecule has 0 unspecified atom stereocenters. The van der Waals surface area contributed by atoms with Gasteiger partial charge in [-0.15, -0.1) is 0 Å². The van der Waals surface area contributed by atoms with Crippen LogP contribution < -0.4 is 5.32 Å². The number of esters is 1. The van der Waals surface area contributed by atoms with E-state index in [1.807, 2.05) is 13.8 Å². The van der Waals surface area contributed by atoms with Gasteiger partial charge in [0.05, 0.1) is 11.4 Å². The molecule has 1 atom stereocenters. The highest BCUT2D eigenvalue weighted by molar-refractivity contribution is 6.33. The molecule has 0 bridgehead atoms. The number of anilines is 1. The first kappa shape index (κ1) is 20.2. The molecule has 2 aromatic rings. The standard InChI is InChI=1S/C17H20Cl2N4O3/c1-9(2)8-23-15(19)13(10(3)22-23)17(25)26-11(4)16(24)21-12-6-5-7-20-14(12)18/h5-7,9,11H,8H2,1-4H3,(H,21,24)/t11-/m0/s1. The average molecular weight is 399 g/mol. The Kier molecular flexibility index (Phi) is 6.61. The van der Waals surface area contributed by atoms with Crippen LogP contribution in [0, 0.1) is 12.8 Å². The first-order valence-corrected chi connectivity index (χ1v) is 8.81. The van der Waals surface area contributed by atoms with Crippen molar-refractivity contribution in [1.29, 1.82) is 0 Å². The highest BCUT2D eigenvalue weighted by Gasteiger charge is 2.26. The quantitative estimate of drug-likeness (QED) is 0.591. The molecule has 140 valence electrons. The van der Waals surface area contributed by atoms with E-state index < -0.39 is 18.0 Å². The number of aromatic nitrogens is 3. The van der Waals surface area contributed by atoms with E-state index in [2.05, 4.69) is 15.4 Å². The van der Waals surface area contributed by atoms with Crippen LogP contribution in [-0.4, -0.2) is 32.7 Å². The van der Waals surface area contributed by atoms with Crippen molar-refractivity contribution < 1.29 is 14.3 Å². The molecule has 0 aliphatic carbocycles. The lowest BCUT2D eigenvalue weighted by Crippen LogP contribution is -2.30. The lowest BCUT2D eigenvalue weighted by molar-refractivity contribution is -0.123. The van der Waals surface area contributed by atoms with E-state index in [1.54, 1.807) is 23.7 Å². The van der Waals surface area contributed by atoms with E-state index in [-0.39, 0.29) is 15.9 Å². The van der Waals surface area contributed by atoms with Crippen LogP contribution in [0.4, 0.5) is 5.69 Å². The fourth-order valence-electron chi connectivity index (χ4n) is 2.24. The van der Waals surface area contributed by atoms with E-state index >= 15 is 0 Å². The Hall–Kier alpha value is -2.12. The minimum absolute atomic E-state index is 0.147. The number of nitrogens with zero attached hydrogens (tertiary/aromatic N) is 3. The van der Waals surface area contributed by atoms with E-state index in [4.69, 9.17) is 27.9 Å². The summed E-state index contributed by atoms with van der Waals surface area (Å²) in [4.78, 5) is 28.5. The second-order valence-electron chi connectivity index (χ2n) is 6.21. The second-order valence-corrected chi connectivity index (χ2v) is 6.92. The summed E-state index contributed by atoms with van der Waals surface area (Å²) in [7, 11) is 0. The maximum Gasteiger partial charge on any atom is 0.343 e. The topological polar surface area (TPSA) is 86.1 Å². The van der Waals surface area contributed by atoms with Crippen LogP contribution in [0.15, 0.2) is 18.3 Å². The molecule has 0 aliphatic rings. The molecule has 7 nitrogen and oxygen atoms in total. The zero-order chi connectivity index (χ0) is 19.4. The lowest BCUT2D eigenvalue weighted by Gasteiger charge is -2.14. The van der Waals surface area contributed by atoms with Crippen LogP contribution in [0.2, 0.25) is 10.3 Å². The monoisotopic (exact) mass is 398 g/mol. The van der Waals surface area contributed by atoms with Gasteiger partial charge >= 0.3 is 5.97 Å². The predicted molar refractivity (Wildman–Crippen MR) is 99.6 cm³/mol. The summed E-state index contributed by atoms with van der Waals surface area (Å²) >= 11 is 12.2. The van der Waals surface area contributed by atoms with Crippen molar-refractivity contribution in [3.8, 4) is 0 Å². The van der Waals surface area contributed by atoms with Gasteiger partial charge < -0.3 is 10.1 Å². The SMILES string of the molecule is Cc1nn(CC(C)C)c(Cl)c1C(=O)O[C@@H](C)C(=O)Nc1cccnc1Cl. The number of ether oxygens (including phenoxy) is 1. The molecular weight excluding hydrogens is 379 g/mol. The van der Waals surface area contributed by atoms with Crippen molar-refractivity contribution in [2.24, 2.45) is 5.92 Å². The highest BCUT2D eigenvalue weighted by atomic mass is 35.5. The zero-order valence-electron chi connectivity index (χ0n) is 14.9. The summed E-state index contributed by atoms with van der Waals surface area (Å²) in [5, 5.41) is 7.17. The van der Waals surface area contributed by atoms with Crippen molar-refractivity contribution in [3.05, 3.63) is 39.9 Å². The Balaban J connectivity index is 2.08. The summed E-state index contributed by atoms with van der Waals surface area (Å²) in [6, 6.07) is 3.23. The summed E-state index contributed by atoms with van der Waals surface area (Å²) in [6.07, 6.45) is 0.448. The molecule has 0 fully saturated rings. The Labute approximate surface area is 161 Å². The van der Waals surface area contributed by atoms with Crippen molar-refractivity contribution in [1.82, 2.24) is 14.8 Å². The van der Waals surface area contributed by atoms with Crippen LogP contribution in [0.3, 0.4) is 0 Å². The van der Waals surface area contributed by atoms with Gasteiger partial charge in [-0.1, -0.05) is 37.0 Å². The molecule has 0 saturated carbocycles. The highest BCUT2D eigenvalue weighted by Crippen LogP contribution is 2.23. The normalized spacial score (nSPS) is 12.1. The third kappa shape index (κ3) is 4.74. The van der Waals surface area contributed by atoms with Gasteiger partial charge in [0, 0.05) is 12.7 Å². The van der Waals surface area contributed by atoms with Crippen molar-refractivity contribution in [3.63, 3.8) is 0 Å². The van der Waals surface area contributed by atoms with Crippen LogP contribution >= 0.6 is 23.2 Å². The Morgan fingerprint density at radius 3 is 2.62 bits per heavy atom. The van der Waals surface area contributed by atoms with Crippen molar-refractivity contribution in [2.45, 2.75) is 40.3 Å². The Morgan fingerprint density at radius 2 is 2.00 bits per heavy atom. The minimum atomic E-state index is -1.05. The first-order chi connectivity index (χ1) is 12.2. The number of carbonyl (C=O) groups excluding carboxylic acids is 2. The number of rotatable bonds is 6. The number of hydrogen-bond acceptors (Lipinski definition) is 5. The fraction of sp³-hybridized carbons (Fsp3) is 0.412. The van der Waals surface area contributed by atoms with Gasteiger partial charge in [0.2, 0.25) is 0 Å².